The van der Waals surface area contributed by atoms with Crippen LogP contribution < -0.4 is 10.9 Å². The molecule has 0 aliphatic carbocycles. The van der Waals surface area contributed by atoms with Crippen LogP contribution in [0.2, 0.25) is 0 Å². The van der Waals surface area contributed by atoms with E-state index in [0.29, 0.717) is 5.56 Å². The molecular formula is C10H15N3O. The Morgan fingerprint density at radius 1 is 1.43 bits per heavy atom. The molecule has 0 spiro atoms. The maximum absolute atomic E-state index is 11.5. The first-order chi connectivity index (χ1) is 6.49. The van der Waals surface area contributed by atoms with Gasteiger partial charge in [0.05, 0.1) is 5.56 Å². The van der Waals surface area contributed by atoms with Gasteiger partial charge in [0.2, 0.25) is 0 Å². The van der Waals surface area contributed by atoms with Crippen molar-refractivity contribution in [2.24, 2.45) is 0 Å². The molecule has 0 aliphatic heterocycles. The van der Waals surface area contributed by atoms with Crippen molar-refractivity contribution in [1.29, 1.82) is 0 Å². The minimum atomic E-state index is -0.173. The van der Waals surface area contributed by atoms with Gasteiger partial charge in [0, 0.05) is 17.9 Å². The summed E-state index contributed by atoms with van der Waals surface area (Å²) in [5.41, 5.74) is 5.91. The second kappa shape index (κ2) is 4.19. The first kappa shape index (κ1) is 10.7. The molecule has 4 nitrogen and oxygen atoms in total. The molecule has 0 fully saturated rings. The summed E-state index contributed by atoms with van der Waals surface area (Å²) in [7, 11) is 0. The van der Waals surface area contributed by atoms with Gasteiger partial charge in [0.25, 0.3) is 5.91 Å². The molecule has 76 valence electrons. The molecule has 0 unspecified atom stereocenters. The number of nitrogens with one attached hydrogen (secondary N) is 2. The van der Waals surface area contributed by atoms with E-state index in [2.05, 4.69) is 15.8 Å². The minimum Gasteiger partial charge on any atom is -0.287 e. The molecule has 0 atom stereocenters. The lowest BCUT2D eigenvalue weighted by Crippen LogP contribution is -2.48. The van der Waals surface area contributed by atoms with E-state index in [1.807, 2.05) is 20.8 Å². The van der Waals surface area contributed by atoms with Crippen molar-refractivity contribution in [1.82, 2.24) is 15.8 Å². The highest BCUT2D eigenvalue weighted by Gasteiger charge is 2.11. The number of aromatic nitrogens is 1. The third-order valence-corrected chi connectivity index (χ3v) is 1.47. The second-order valence-electron chi connectivity index (χ2n) is 4.07. The van der Waals surface area contributed by atoms with Crippen LogP contribution in [0.1, 0.15) is 31.1 Å². The van der Waals surface area contributed by atoms with Gasteiger partial charge in [-0.15, -0.1) is 0 Å². The molecule has 1 rings (SSSR count). The standard InChI is InChI=1S/C10H15N3O/c1-10(2,3)13-12-9(14)8-5-4-6-11-7-8/h4-7,13H,1-3H3,(H,12,14). The van der Waals surface area contributed by atoms with E-state index >= 15 is 0 Å². The van der Waals surface area contributed by atoms with Gasteiger partial charge in [-0.05, 0) is 32.9 Å². The van der Waals surface area contributed by atoms with Gasteiger partial charge < -0.3 is 0 Å². The van der Waals surface area contributed by atoms with Crippen molar-refractivity contribution in [3.8, 4) is 0 Å². The van der Waals surface area contributed by atoms with Gasteiger partial charge in [-0.25, -0.2) is 5.43 Å². The van der Waals surface area contributed by atoms with Crippen LogP contribution in [0, 0.1) is 0 Å². The fourth-order valence-corrected chi connectivity index (χ4v) is 0.814. The van der Waals surface area contributed by atoms with Crippen molar-refractivity contribution in [3.05, 3.63) is 30.1 Å². The number of hydrogen-bond donors (Lipinski definition) is 2. The largest absolute Gasteiger partial charge is 0.287 e. The van der Waals surface area contributed by atoms with Crippen LogP contribution in [0.5, 0.6) is 0 Å². The highest BCUT2D eigenvalue weighted by molar-refractivity contribution is 5.93. The summed E-state index contributed by atoms with van der Waals surface area (Å²) >= 11 is 0. The molecule has 2 N–H and O–H groups in total. The summed E-state index contributed by atoms with van der Waals surface area (Å²) in [6.45, 7) is 5.91. The number of hydrazine groups is 1. The van der Waals surface area contributed by atoms with E-state index in [1.54, 1.807) is 18.3 Å². The van der Waals surface area contributed by atoms with Gasteiger partial charge >= 0.3 is 0 Å². The van der Waals surface area contributed by atoms with Crippen LogP contribution in [0.15, 0.2) is 24.5 Å². The van der Waals surface area contributed by atoms with Crippen LogP contribution in [0.25, 0.3) is 0 Å². The zero-order valence-electron chi connectivity index (χ0n) is 8.66. The van der Waals surface area contributed by atoms with E-state index in [1.165, 1.54) is 6.20 Å². The number of rotatable bonds is 2. The van der Waals surface area contributed by atoms with Gasteiger partial charge in [0.1, 0.15) is 0 Å². The lowest BCUT2D eigenvalue weighted by Gasteiger charge is -2.20. The number of pyridine rings is 1. The summed E-state index contributed by atoms with van der Waals surface area (Å²) in [5, 5.41) is 0. The van der Waals surface area contributed by atoms with Crippen LogP contribution in [-0.4, -0.2) is 16.4 Å². The Kier molecular flexibility index (Phi) is 3.19. The first-order valence-electron chi connectivity index (χ1n) is 4.46. The molecule has 1 heterocycles. The maximum Gasteiger partial charge on any atom is 0.266 e. The molecule has 4 heteroatoms. The summed E-state index contributed by atoms with van der Waals surface area (Å²) in [4.78, 5) is 15.3. The molecule has 1 amide bonds. The summed E-state index contributed by atoms with van der Waals surface area (Å²) in [5.74, 6) is -0.173. The molecule has 14 heavy (non-hydrogen) atoms. The molecule has 0 aliphatic rings. The van der Waals surface area contributed by atoms with Crippen molar-refractivity contribution >= 4 is 5.91 Å². The first-order valence-corrected chi connectivity index (χ1v) is 4.46. The SMILES string of the molecule is CC(C)(C)NNC(=O)c1cccnc1. The highest BCUT2D eigenvalue weighted by atomic mass is 16.2. The maximum atomic E-state index is 11.5. The number of nitrogens with zero attached hydrogens (tertiary/aromatic N) is 1. The van der Waals surface area contributed by atoms with Crippen LogP contribution >= 0.6 is 0 Å². The zero-order chi connectivity index (χ0) is 10.6. The Bertz CT molecular complexity index is 303. The predicted octanol–water partition coefficient (Wildman–Crippen LogP) is 1.11. The van der Waals surface area contributed by atoms with Crippen molar-refractivity contribution in [3.63, 3.8) is 0 Å². The number of amides is 1. The second-order valence-corrected chi connectivity index (χ2v) is 4.07. The average molecular weight is 193 g/mol. The van der Waals surface area contributed by atoms with Gasteiger partial charge in [-0.2, -0.15) is 0 Å². The fourth-order valence-electron chi connectivity index (χ4n) is 0.814. The number of hydrogen-bond acceptors (Lipinski definition) is 3. The van der Waals surface area contributed by atoms with E-state index in [4.69, 9.17) is 0 Å². The van der Waals surface area contributed by atoms with Gasteiger partial charge in [-0.1, -0.05) is 0 Å². The predicted molar refractivity (Wildman–Crippen MR) is 54.6 cm³/mol. The smallest absolute Gasteiger partial charge is 0.266 e. The minimum absolute atomic E-state index is 0.141. The molecule has 0 bridgehead atoms. The van der Waals surface area contributed by atoms with E-state index in [0.717, 1.165) is 0 Å². The molecule has 0 radical (unpaired) electrons. The quantitative estimate of drug-likeness (QED) is 0.692. The molecule has 1 aromatic rings. The zero-order valence-corrected chi connectivity index (χ0v) is 8.66. The lowest BCUT2D eigenvalue weighted by atomic mass is 10.1. The Hall–Kier alpha value is -1.42. The van der Waals surface area contributed by atoms with Crippen LogP contribution in [0.3, 0.4) is 0 Å². The Balaban J connectivity index is 2.52. The summed E-state index contributed by atoms with van der Waals surface area (Å²) in [6, 6.07) is 3.44. The van der Waals surface area contributed by atoms with Crippen LogP contribution in [-0.2, 0) is 0 Å². The lowest BCUT2D eigenvalue weighted by molar-refractivity contribution is 0.0914. The highest BCUT2D eigenvalue weighted by Crippen LogP contribution is 1.98. The average Bonchev–Trinajstić information content (AvgIpc) is 2.14. The van der Waals surface area contributed by atoms with Gasteiger partial charge in [0.15, 0.2) is 0 Å². The van der Waals surface area contributed by atoms with Crippen molar-refractivity contribution < 1.29 is 4.79 Å². The number of carbonyl (C=O) groups excluding carboxylic acids is 1. The normalized spacial score (nSPS) is 11.1. The summed E-state index contributed by atoms with van der Waals surface area (Å²) < 4.78 is 0. The van der Waals surface area contributed by atoms with E-state index < -0.39 is 0 Å². The third-order valence-electron chi connectivity index (χ3n) is 1.47. The topological polar surface area (TPSA) is 54.0 Å². The molecule has 0 saturated carbocycles. The summed E-state index contributed by atoms with van der Waals surface area (Å²) in [6.07, 6.45) is 3.16. The molecule has 1 aromatic heterocycles. The Morgan fingerprint density at radius 2 is 2.14 bits per heavy atom. The van der Waals surface area contributed by atoms with Gasteiger partial charge in [-0.3, -0.25) is 15.2 Å². The molecule has 0 saturated heterocycles. The van der Waals surface area contributed by atoms with Crippen molar-refractivity contribution in [2.75, 3.05) is 0 Å². The van der Waals surface area contributed by atoms with Crippen LogP contribution in [0.4, 0.5) is 0 Å². The molecular weight excluding hydrogens is 178 g/mol. The van der Waals surface area contributed by atoms with E-state index in [9.17, 15) is 4.79 Å². The Morgan fingerprint density at radius 3 is 2.64 bits per heavy atom. The Labute approximate surface area is 83.7 Å². The number of carbonyl (C=O) groups is 1. The fraction of sp³-hybridized carbons (Fsp3) is 0.400. The van der Waals surface area contributed by atoms with E-state index in [-0.39, 0.29) is 11.4 Å². The van der Waals surface area contributed by atoms with Crippen molar-refractivity contribution in [2.45, 2.75) is 26.3 Å². The monoisotopic (exact) mass is 193 g/mol. The molecule has 0 aromatic carbocycles. The third kappa shape index (κ3) is 3.53.